The van der Waals surface area contributed by atoms with Crippen molar-refractivity contribution in [3.63, 3.8) is 0 Å². The molecule has 1 aromatic heterocycles. The number of aliphatic carboxylic acids is 1. The molecular weight excluding hydrogens is 319 g/mol. The standard InChI is InChI=1S/C13H10N2O5S.Na/c16-11-9(7-8-3-1-2-5-14-8)12-15(11)10(13(17)18)4-6-21(12,19)20;/h1-5,7,12H,6H2,(H,17,18);/q;+1/p-1/b9-7-;/t12-;/m1./s1. The molecule has 7 nitrogen and oxygen atoms in total. The van der Waals surface area contributed by atoms with Gasteiger partial charge in [0.1, 0.15) is 0 Å². The Morgan fingerprint density at radius 1 is 1.41 bits per heavy atom. The van der Waals surface area contributed by atoms with Gasteiger partial charge < -0.3 is 9.90 Å². The zero-order valence-electron chi connectivity index (χ0n) is 11.6. The largest absolute Gasteiger partial charge is 1.00 e. The molecule has 1 amide bonds. The maximum atomic E-state index is 12.0. The third-order valence-corrected chi connectivity index (χ3v) is 5.05. The second-order valence-corrected chi connectivity index (χ2v) is 6.69. The number of amides is 1. The monoisotopic (exact) mass is 328 g/mol. The molecule has 0 aliphatic carbocycles. The molecule has 1 fully saturated rings. The maximum absolute atomic E-state index is 12.0. The average molecular weight is 328 g/mol. The first kappa shape index (κ1) is 16.9. The van der Waals surface area contributed by atoms with Gasteiger partial charge in [0, 0.05) is 6.20 Å². The number of carbonyl (C=O) groups excluding carboxylic acids is 2. The Hall–Kier alpha value is -1.48. The first-order valence-electron chi connectivity index (χ1n) is 6.01. The molecule has 2 aliphatic heterocycles. The molecule has 108 valence electrons. The molecule has 0 N–H and O–H groups in total. The van der Waals surface area contributed by atoms with Crippen LogP contribution in [0.3, 0.4) is 0 Å². The van der Waals surface area contributed by atoms with Gasteiger partial charge in [0.2, 0.25) is 0 Å². The molecule has 0 saturated carbocycles. The van der Waals surface area contributed by atoms with E-state index in [-0.39, 0.29) is 35.1 Å². The number of carbonyl (C=O) groups is 2. The van der Waals surface area contributed by atoms with Crippen LogP contribution in [-0.2, 0) is 19.4 Å². The van der Waals surface area contributed by atoms with Crippen LogP contribution in [0, 0.1) is 0 Å². The van der Waals surface area contributed by atoms with E-state index in [1.165, 1.54) is 12.3 Å². The number of hydrogen-bond donors (Lipinski definition) is 0. The Labute approximate surface area is 148 Å². The van der Waals surface area contributed by atoms with E-state index >= 15 is 0 Å². The Balaban J connectivity index is 0.00000176. The van der Waals surface area contributed by atoms with Crippen molar-refractivity contribution in [2.75, 3.05) is 5.75 Å². The van der Waals surface area contributed by atoms with Crippen LogP contribution in [0.25, 0.3) is 6.08 Å². The van der Waals surface area contributed by atoms with Crippen molar-refractivity contribution in [1.82, 2.24) is 9.88 Å². The Kier molecular flexibility index (Phi) is 4.57. The molecule has 9 heteroatoms. The van der Waals surface area contributed by atoms with E-state index in [0.717, 1.165) is 11.0 Å². The van der Waals surface area contributed by atoms with E-state index < -0.39 is 38.5 Å². The normalized spacial score (nSPS) is 23.9. The number of aromatic nitrogens is 1. The molecule has 0 radical (unpaired) electrons. The summed E-state index contributed by atoms with van der Waals surface area (Å²) >= 11 is 0. The van der Waals surface area contributed by atoms with Gasteiger partial charge in [0.05, 0.1) is 28.7 Å². The molecule has 3 heterocycles. The van der Waals surface area contributed by atoms with Crippen molar-refractivity contribution in [3.8, 4) is 0 Å². The first-order chi connectivity index (χ1) is 9.92. The van der Waals surface area contributed by atoms with Crippen molar-refractivity contribution in [2.24, 2.45) is 0 Å². The van der Waals surface area contributed by atoms with Crippen LogP contribution >= 0.6 is 0 Å². The number of sulfone groups is 1. The van der Waals surface area contributed by atoms with E-state index in [2.05, 4.69) is 4.98 Å². The second kappa shape index (κ2) is 5.96. The van der Waals surface area contributed by atoms with Gasteiger partial charge >= 0.3 is 29.6 Å². The minimum absolute atomic E-state index is 0. The van der Waals surface area contributed by atoms with Gasteiger partial charge in [0.25, 0.3) is 5.91 Å². The van der Waals surface area contributed by atoms with Crippen LogP contribution in [0.5, 0.6) is 0 Å². The van der Waals surface area contributed by atoms with E-state index in [9.17, 15) is 23.1 Å². The zero-order valence-corrected chi connectivity index (χ0v) is 14.4. The van der Waals surface area contributed by atoms with Crippen LogP contribution < -0.4 is 34.7 Å². The number of nitrogens with zero attached hydrogens (tertiary/aromatic N) is 2. The maximum Gasteiger partial charge on any atom is 1.00 e. The van der Waals surface area contributed by atoms with Crippen molar-refractivity contribution < 1.29 is 52.7 Å². The number of fused-ring (bicyclic) bond motifs is 1. The topological polar surface area (TPSA) is 107 Å². The molecule has 1 aromatic rings. The summed E-state index contributed by atoms with van der Waals surface area (Å²) < 4.78 is 24.1. The van der Waals surface area contributed by atoms with Crippen LogP contribution in [-0.4, -0.2) is 41.3 Å². The summed E-state index contributed by atoms with van der Waals surface area (Å²) in [6, 6.07) is 5.00. The number of pyridine rings is 1. The third-order valence-electron chi connectivity index (χ3n) is 3.28. The van der Waals surface area contributed by atoms with E-state index in [0.29, 0.717) is 5.69 Å². The van der Waals surface area contributed by atoms with Crippen LogP contribution in [0.2, 0.25) is 0 Å². The summed E-state index contributed by atoms with van der Waals surface area (Å²) in [4.78, 5) is 27.7. The molecule has 1 saturated heterocycles. The molecule has 2 aliphatic rings. The predicted octanol–water partition coefficient (Wildman–Crippen LogP) is -4.30. The van der Waals surface area contributed by atoms with Gasteiger partial charge in [-0.2, -0.15) is 0 Å². The van der Waals surface area contributed by atoms with Crippen molar-refractivity contribution >= 4 is 27.8 Å². The van der Waals surface area contributed by atoms with E-state index in [1.807, 2.05) is 0 Å². The SMILES string of the molecule is O=C([O-])C1=CCS(=O)(=O)[C@@H]2/C(=C\c3ccccn3)C(=O)N12.[Na+]. The number of hydrogen-bond acceptors (Lipinski definition) is 6. The molecule has 22 heavy (non-hydrogen) atoms. The number of rotatable bonds is 2. The Bertz CT molecular complexity index is 801. The molecule has 1 atom stereocenters. The number of carboxylic acid groups (broad SMARTS) is 1. The number of β-lactam (4-membered cyclic amide) rings is 1. The average Bonchev–Trinajstić information content (AvgIpc) is 2.44. The molecule has 3 rings (SSSR count). The minimum Gasteiger partial charge on any atom is -0.543 e. The zero-order chi connectivity index (χ0) is 15.2. The summed E-state index contributed by atoms with van der Waals surface area (Å²) in [5.74, 6) is -2.67. The first-order valence-corrected chi connectivity index (χ1v) is 7.72. The fourth-order valence-electron chi connectivity index (χ4n) is 2.33. The molecule has 0 aromatic carbocycles. The van der Waals surface area contributed by atoms with Gasteiger partial charge in [0.15, 0.2) is 15.2 Å². The summed E-state index contributed by atoms with van der Waals surface area (Å²) in [7, 11) is -3.65. The predicted molar refractivity (Wildman–Crippen MR) is 69.7 cm³/mol. The smallest absolute Gasteiger partial charge is 0.543 e. The molecule has 0 spiro atoms. The van der Waals surface area contributed by atoms with Gasteiger partial charge in [-0.05, 0) is 24.3 Å². The summed E-state index contributed by atoms with van der Waals surface area (Å²) in [6.07, 6.45) is 3.85. The van der Waals surface area contributed by atoms with Gasteiger partial charge in [-0.15, -0.1) is 0 Å². The minimum atomic E-state index is -3.65. The Morgan fingerprint density at radius 2 is 2.14 bits per heavy atom. The van der Waals surface area contributed by atoms with E-state index in [1.54, 1.807) is 18.2 Å². The van der Waals surface area contributed by atoms with Gasteiger partial charge in [-0.1, -0.05) is 6.07 Å². The third kappa shape index (κ3) is 2.63. The van der Waals surface area contributed by atoms with Gasteiger partial charge in [-0.3, -0.25) is 14.7 Å². The quantitative estimate of drug-likeness (QED) is 0.309. The molecular formula is C13H9N2NaO5S. The van der Waals surface area contributed by atoms with Crippen molar-refractivity contribution in [2.45, 2.75) is 5.37 Å². The second-order valence-electron chi connectivity index (χ2n) is 4.59. The van der Waals surface area contributed by atoms with E-state index in [4.69, 9.17) is 0 Å². The summed E-state index contributed by atoms with van der Waals surface area (Å²) in [5, 5.41) is 9.69. The fraction of sp³-hybridized carbons (Fsp3) is 0.154. The van der Waals surface area contributed by atoms with Crippen LogP contribution in [0.15, 0.2) is 41.7 Å². The van der Waals surface area contributed by atoms with Crippen molar-refractivity contribution in [1.29, 1.82) is 0 Å². The number of carboxylic acids is 1. The molecule has 0 unspecified atom stereocenters. The Morgan fingerprint density at radius 3 is 2.73 bits per heavy atom. The van der Waals surface area contributed by atoms with Crippen molar-refractivity contribution in [3.05, 3.63) is 47.4 Å². The van der Waals surface area contributed by atoms with Crippen LogP contribution in [0.4, 0.5) is 0 Å². The molecule has 0 bridgehead atoms. The van der Waals surface area contributed by atoms with Gasteiger partial charge in [-0.25, -0.2) is 8.42 Å². The van der Waals surface area contributed by atoms with Crippen LogP contribution in [0.1, 0.15) is 5.69 Å². The fourth-order valence-corrected chi connectivity index (χ4v) is 3.99. The summed E-state index contributed by atoms with van der Waals surface area (Å²) in [6.45, 7) is 0. The summed E-state index contributed by atoms with van der Waals surface area (Å²) in [5.41, 5.74) is 0.0406.